The van der Waals surface area contributed by atoms with Crippen molar-refractivity contribution >= 4 is 21.9 Å². The zero-order valence-corrected chi connectivity index (χ0v) is 12.5. The van der Waals surface area contributed by atoms with Gasteiger partial charge in [-0.3, -0.25) is 0 Å². The molecule has 0 aliphatic heterocycles. The van der Waals surface area contributed by atoms with E-state index in [-0.39, 0.29) is 0 Å². The number of pyridine rings is 1. The number of hydrogen-bond donors (Lipinski definition) is 0. The number of hydrogen-bond acceptors (Lipinski definition) is 5. The Kier molecular flexibility index (Phi) is 3.52. The van der Waals surface area contributed by atoms with Gasteiger partial charge in [-0.25, -0.2) is 9.78 Å². The van der Waals surface area contributed by atoms with Crippen LogP contribution in [0, 0.1) is 0 Å². The Bertz CT molecular complexity index is 634. The topological polar surface area (TPSA) is 69.9 Å². The molecule has 2 heterocycles. The summed E-state index contributed by atoms with van der Waals surface area (Å²) in [6, 6.07) is 3.71. The van der Waals surface area contributed by atoms with E-state index >= 15 is 0 Å². The molecule has 1 saturated carbocycles. The van der Waals surface area contributed by atoms with E-state index in [2.05, 4.69) is 31.2 Å². The molecular formula is C13H13BrN4O2. The average Bonchev–Trinajstić information content (AvgIpc) is 3.19. The highest BCUT2D eigenvalue weighted by Crippen LogP contribution is 2.41. The molecule has 1 aliphatic rings. The van der Waals surface area contributed by atoms with E-state index in [1.807, 2.05) is 12.1 Å². The van der Waals surface area contributed by atoms with E-state index in [4.69, 9.17) is 4.74 Å². The summed E-state index contributed by atoms with van der Waals surface area (Å²) in [6.45, 7) is 2.10. The lowest BCUT2D eigenvalue weighted by Crippen LogP contribution is -2.10. The number of aromatic nitrogens is 4. The van der Waals surface area contributed by atoms with Crippen LogP contribution in [-0.2, 0) is 4.74 Å². The lowest BCUT2D eigenvalue weighted by molar-refractivity contribution is 0.0518. The molecule has 0 N–H and O–H groups in total. The maximum atomic E-state index is 11.9. The molecule has 0 unspecified atom stereocenters. The third-order valence-corrected chi connectivity index (χ3v) is 3.54. The highest BCUT2D eigenvalue weighted by molar-refractivity contribution is 9.10. The first-order chi connectivity index (χ1) is 9.70. The molecule has 1 aliphatic carbocycles. The standard InChI is InChI=1S/C13H13BrN4O2/c1-2-20-13(19)11-12(8-3-4-8)18(17-16-11)10-6-5-9(14)7-15-10/h5-8H,2-4H2,1H3. The van der Waals surface area contributed by atoms with Crippen LogP contribution in [0.2, 0.25) is 0 Å². The van der Waals surface area contributed by atoms with E-state index in [1.54, 1.807) is 17.8 Å². The molecule has 0 bridgehead atoms. The molecular weight excluding hydrogens is 324 g/mol. The Hall–Kier alpha value is -1.76. The fourth-order valence-electron chi connectivity index (χ4n) is 2.02. The van der Waals surface area contributed by atoms with Gasteiger partial charge in [0, 0.05) is 16.6 Å². The van der Waals surface area contributed by atoms with Crippen molar-refractivity contribution in [1.29, 1.82) is 0 Å². The van der Waals surface area contributed by atoms with Gasteiger partial charge in [-0.05, 0) is 47.8 Å². The number of carbonyl (C=O) groups is 1. The molecule has 6 nitrogen and oxygen atoms in total. The van der Waals surface area contributed by atoms with Crippen molar-refractivity contribution in [3.8, 4) is 5.82 Å². The Morgan fingerprint density at radius 3 is 2.90 bits per heavy atom. The summed E-state index contributed by atoms with van der Waals surface area (Å²) in [7, 11) is 0. The summed E-state index contributed by atoms with van der Waals surface area (Å²) in [5, 5.41) is 8.05. The Morgan fingerprint density at radius 1 is 1.50 bits per heavy atom. The Labute approximate surface area is 124 Å². The van der Waals surface area contributed by atoms with Gasteiger partial charge in [0.15, 0.2) is 11.5 Å². The van der Waals surface area contributed by atoms with Crippen molar-refractivity contribution < 1.29 is 9.53 Å². The maximum Gasteiger partial charge on any atom is 0.360 e. The smallest absolute Gasteiger partial charge is 0.360 e. The molecule has 2 aromatic heterocycles. The number of carbonyl (C=O) groups excluding carboxylic acids is 1. The molecule has 0 spiro atoms. The number of esters is 1. The number of ether oxygens (including phenoxy) is 1. The largest absolute Gasteiger partial charge is 0.461 e. The Morgan fingerprint density at radius 2 is 2.30 bits per heavy atom. The normalized spacial score (nSPS) is 14.3. The van der Waals surface area contributed by atoms with Gasteiger partial charge < -0.3 is 4.74 Å². The first kappa shape index (κ1) is 13.2. The Balaban J connectivity index is 2.03. The number of halogens is 1. The summed E-state index contributed by atoms with van der Waals surface area (Å²) in [5.41, 5.74) is 1.11. The number of nitrogens with zero attached hydrogens (tertiary/aromatic N) is 4. The SMILES string of the molecule is CCOC(=O)c1nnn(-c2ccc(Br)cn2)c1C1CC1. The minimum atomic E-state index is -0.419. The molecule has 3 rings (SSSR count). The minimum absolute atomic E-state index is 0.305. The molecule has 0 radical (unpaired) electrons. The van der Waals surface area contributed by atoms with Gasteiger partial charge in [-0.2, -0.15) is 4.68 Å². The van der Waals surface area contributed by atoms with Crippen molar-refractivity contribution in [2.24, 2.45) is 0 Å². The van der Waals surface area contributed by atoms with Crippen LogP contribution in [0.15, 0.2) is 22.8 Å². The molecule has 0 atom stereocenters. The van der Waals surface area contributed by atoms with Crippen molar-refractivity contribution in [3.05, 3.63) is 34.2 Å². The zero-order chi connectivity index (χ0) is 14.1. The molecule has 0 amide bonds. The van der Waals surface area contributed by atoms with Crippen LogP contribution >= 0.6 is 15.9 Å². The second-order valence-electron chi connectivity index (χ2n) is 4.56. The number of rotatable bonds is 4. The van der Waals surface area contributed by atoms with Gasteiger partial charge >= 0.3 is 5.97 Å². The third kappa shape index (κ3) is 2.45. The predicted octanol–water partition coefficient (Wildman–Crippen LogP) is 2.48. The summed E-state index contributed by atoms with van der Waals surface area (Å²) >= 11 is 3.34. The van der Waals surface area contributed by atoms with E-state index in [0.717, 1.165) is 23.0 Å². The molecule has 104 valence electrons. The summed E-state index contributed by atoms with van der Waals surface area (Å²) in [6.07, 6.45) is 3.77. The van der Waals surface area contributed by atoms with E-state index < -0.39 is 5.97 Å². The van der Waals surface area contributed by atoms with Gasteiger partial charge in [0.2, 0.25) is 0 Å². The van der Waals surface area contributed by atoms with Crippen molar-refractivity contribution in [2.75, 3.05) is 6.61 Å². The second-order valence-corrected chi connectivity index (χ2v) is 5.48. The minimum Gasteiger partial charge on any atom is -0.461 e. The molecule has 7 heteroatoms. The van der Waals surface area contributed by atoms with Crippen LogP contribution in [0.5, 0.6) is 0 Å². The van der Waals surface area contributed by atoms with Gasteiger partial charge in [0.25, 0.3) is 0 Å². The summed E-state index contributed by atoms with van der Waals surface area (Å²) in [4.78, 5) is 16.2. The lowest BCUT2D eigenvalue weighted by atomic mass is 10.2. The van der Waals surface area contributed by atoms with Gasteiger partial charge in [0.05, 0.1) is 12.3 Å². The summed E-state index contributed by atoms with van der Waals surface area (Å²) < 4.78 is 7.56. The fraction of sp³-hybridized carbons (Fsp3) is 0.385. The van der Waals surface area contributed by atoms with E-state index in [1.165, 1.54) is 0 Å². The van der Waals surface area contributed by atoms with Gasteiger partial charge in [0.1, 0.15) is 0 Å². The fourth-order valence-corrected chi connectivity index (χ4v) is 2.25. The third-order valence-electron chi connectivity index (χ3n) is 3.07. The molecule has 0 saturated heterocycles. The van der Waals surface area contributed by atoms with Gasteiger partial charge in [-0.15, -0.1) is 5.10 Å². The predicted molar refractivity (Wildman–Crippen MR) is 74.8 cm³/mol. The maximum absolute atomic E-state index is 11.9. The van der Waals surface area contributed by atoms with Crippen molar-refractivity contribution in [2.45, 2.75) is 25.7 Å². The van der Waals surface area contributed by atoms with Crippen LogP contribution in [0.3, 0.4) is 0 Å². The monoisotopic (exact) mass is 336 g/mol. The molecule has 0 aromatic carbocycles. The van der Waals surface area contributed by atoms with Crippen LogP contribution in [0.4, 0.5) is 0 Å². The highest BCUT2D eigenvalue weighted by Gasteiger charge is 2.35. The first-order valence-corrected chi connectivity index (χ1v) is 7.24. The van der Waals surface area contributed by atoms with Crippen molar-refractivity contribution in [3.63, 3.8) is 0 Å². The lowest BCUT2D eigenvalue weighted by Gasteiger charge is -2.06. The van der Waals surface area contributed by atoms with Gasteiger partial charge in [-0.1, -0.05) is 5.21 Å². The second kappa shape index (κ2) is 5.32. The first-order valence-electron chi connectivity index (χ1n) is 6.45. The van der Waals surface area contributed by atoms with Crippen LogP contribution < -0.4 is 0 Å². The van der Waals surface area contributed by atoms with Crippen LogP contribution in [-0.4, -0.2) is 32.6 Å². The highest BCUT2D eigenvalue weighted by atomic mass is 79.9. The quantitative estimate of drug-likeness (QED) is 0.802. The molecule has 1 fully saturated rings. The van der Waals surface area contributed by atoms with E-state index in [0.29, 0.717) is 24.0 Å². The van der Waals surface area contributed by atoms with Crippen molar-refractivity contribution in [1.82, 2.24) is 20.0 Å². The van der Waals surface area contributed by atoms with E-state index in [9.17, 15) is 4.79 Å². The zero-order valence-electron chi connectivity index (χ0n) is 10.9. The van der Waals surface area contributed by atoms with Crippen LogP contribution in [0.1, 0.15) is 41.9 Å². The summed E-state index contributed by atoms with van der Waals surface area (Å²) in [5.74, 6) is 0.547. The average molecular weight is 337 g/mol. The molecule has 20 heavy (non-hydrogen) atoms. The van der Waals surface area contributed by atoms with Crippen LogP contribution in [0.25, 0.3) is 5.82 Å². The molecule has 2 aromatic rings.